The zero-order chi connectivity index (χ0) is 14.0. The number of likely N-dealkylation sites (tertiary alicyclic amines) is 1. The summed E-state index contributed by atoms with van der Waals surface area (Å²) in [5.74, 6) is -2.09. The van der Waals surface area contributed by atoms with Crippen LogP contribution in [0.5, 0.6) is 0 Å². The summed E-state index contributed by atoms with van der Waals surface area (Å²) in [5.41, 5.74) is 0.354. The van der Waals surface area contributed by atoms with E-state index in [-0.39, 0.29) is 12.5 Å². The molecule has 1 fully saturated rings. The molecule has 1 aromatic carbocycles. The maximum absolute atomic E-state index is 13.0. The Labute approximate surface area is 118 Å². The maximum atomic E-state index is 13.0. The number of halogens is 2. The van der Waals surface area contributed by atoms with E-state index in [9.17, 15) is 14.0 Å². The second-order valence-corrected chi connectivity index (χ2v) is 5.41. The van der Waals surface area contributed by atoms with Crippen molar-refractivity contribution in [1.82, 2.24) is 4.90 Å². The molecule has 2 rings (SSSR count). The van der Waals surface area contributed by atoms with E-state index in [1.807, 2.05) is 0 Å². The highest BCUT2D eigenvalue weighted by Crippen LogP contribution is 2.23. The zero-order valence-electron chi connectivity index (χ0n) is 10.1. The summed E-state index contributed by atoms with van der Waals surface area (Å²) in [4.78, 5) is 24.8. The third-order valence-corrected chi connectivity index (χ3v) is 3.88. The molecule has 1 amide bonds. The molecule has 0 bridgehead atoms. The van der Waals surface area contributed by atoms with Gasteiger partial charge in [0.05, 0.1) is 11.5 Å². The molecule has 1 heterocycles. The van der Waals surface area contributed by atoms with Gasteiger partial charge in [-0.25, -0.2) is 4.39 Å². The number of nitrogens with zero attached hydrogens (tertiary/aromatic N) is 1. The molecule has 19 heavy (non-hydrogen) atoms. The molecule has 0 radical (unpaired) electrons. The number of rotatable bonds is 2. The van der Waals surface area contributed by atoms with Crippen LogP contribution in [0.2, 0.25) is 0 Å². The van der Waals surface area contributed by atoms with Crippen molar-refractivity contribution >= 4 is 27.8 Å². The number of hydrogen-bond acceptors (Lipinski definition) is 2. The number of hydrogen-bond donors (Lipinski definition) is 1. The first-order valence-electron chi connectivity index (χ1n) is 5.96. The minimum absolute atomic E-state index is 0.206. The Balaban J connectivity index is 2.17. The van der Waals surface area contributed by atoms with Gasteiger partial charge in [-0.1, -0.05) is 0 Å². The van der Waals surface area contributed by atoms with Crippen molar-refractivity contribution in [2.75, 3.05) is 13.1 Å². The summed E-state index contributed by atoms with van der Waals surface area (Å²) in [6, 6.07) is 3.86. The van der Waals surface area contributed by atoms with Crippen molar-refractivity contribution in [2.45, 2.75) is 12.8 Å². The van der Waals surface area contributed by atoms with E-state index in [4.69, 9.17) is 5.11 Å². The average molecular weight is 330 g/mol. The predicted octanol–water partition coefficient (Wildman–Crippen LogP) is 2.53. The van der Waals surface area contributed by atoms with Gasteiger partial charge >= 0.3 is 5.97 Å². The molecule has 0 saturated carbocycles. The van der Waals surface area contributed by atoms with E-state index in [1.165, 1.54) is 23.1 Å². The van der Waals surface area contributed by atoms with Gasteiger partial charge < -0.3 is 10.0 Å². The molecule has 0 aromatic heterocycles. The molecule has 1 aliphatic heterocycles. The van der Waals surface area contributed by atoms with Gasteiger partial charge in [-0.3, -0.25) is 9.59 Å². The van der Waals surface area contributed by atoms with Crippen molar-refractivity contribution in [3.8, 4) is 0 Å². The Morgan fingerprint density at radius 1 is 1.42 bits per heavy atom. The lowest BCUT2D eigenvalue weighted by molar-refractivity contribution is -0.143. The second-order valence-electron chi connectivity index (χ2n) is 4.55. The first-order chi connectivity index (χ1) is 8.99. The van der Waals surface area contributed by atoms with Gasteiger partial charge in [0.25, 0.3) is 5.91 Å². The number of benzene rings is 1. The molecule has 0 spiro atoms. The summed E-state index contributed by atoms with van der Waals surface area (Å²) in [6.45, 7) is 0.740. The molecule has 1 saturated heterocycles. The third-order valence-electron chi connectivity index (χ3n) is 3.22. The molecule has 0 unspecified atom stereocenters. The monoisotopic (exact) mass is 329 g/mol. The van der Waals surface area contributed by atoms with Crippen LogP contribution in [0.25, 0.3) is 0 Å². The number of aliphatic carboxylic acids is 1. The van der Waals surface area contributed by atoms with Crippen molar-refractivity contribution < 1.29 is 19.1 Å². The van der Waals surface area contributed by atoms with Gasteiger partial charge in [-0.05, 0) is 47.0 Å². The Morgan fingerprint density at radius 3 is 2.79 bits per heavy atom. The van der Waals surface area contributed by atoms with Crippen molar-refractivity contribution in [1.29, 1.82) is 0 Å². The number of carboxylic acid groups (broad SMARTS) is 1. The summed E-state index contributed by atoms with van der Waals surface area (Å²) < 4.78 is 13.4. The minimum Gasteiger partial charge on any atom is -0.481 e. The normalized spacial score (nSPS) is 19.3. The van der Waals surface area contributed by atoms with Crippen LogP contribution >= 0.6 is 15.9 Å². The van der Waals surface area contributed by atoms with Crippen LogP contribution in [0.3, 0.4) is 0 Å². The standard InChI is InChI=1S/C13H13BrFNO3/c14-11-6-9(15)3-4-10(11)12(17)16-5-1-2-8(7-16)13(18)19/h3-4,6,8H,1-2,5,7H2,(H,18,19)/t8-/m0/s1. The fourth-order valence-electron chi connectivity index (χ4n) is 2.20. The quantitative estimate of drug-likeness (QED) is 0.907. The van der Waals surface area contributed by atoms with Gasteiger partial charge in [0.1, 0.15) is 5.82 Å². The van der Waals surface area contributed by atoms with Crippen LogP contribution < -0.4 is 0 Å². The summed E-state index contributed by atoms with van der Waals surface area (Å²) in [5, 5.41) is 9.00. The molecule has 6 heteroatoms. The molecule has 4 nitrogen and oxygen atoms in total. The second kappa shape index (κ2) is 5.69. The van der Waals surface area contributed by atoms with Crippen molar-refractivity contribution in [3.05, 3.63) is 34.1 Å². The molecular formula is C13H13BrFNO3. The SMILES string of the molecule is O=C(O)[C@H]1CCCN(C(=O)c2ccc(F)cc2Br)C1. The van der Waals surface area contributed by atoms with Gasteiger partial charge in [0.15, 0.2) is 0 Å². The van der Waals surface area contributed by atoms with Crippen LogP contribution in [-0.2, 0) is 4.79 Å². The van der Waals surface area contributed by atoms with Crippen LogP contribution in [0.4, 0.5) is 4.39 Å². The first-order valence-corrected chi connectivity index (χ1v) is 6.75. The van der Waals surface area contributed by atoms with Crippen molar-refractivity contribution in [3.63, 3.8) is 0 Å². The van der Waals surface area contributed by atoms with Gasteiger partial charge in [-0.2, -0.15) is 0 Å². The van der Waals surface area contributed by atoms with Gasteiger partial charge in [0, 0.05) is 17.6 Å². The van der Waals surface area contributed by atoms with Gasteiger partial charge in [0.2, 0.25) is 0 Å². The average Bonchev–Trinajstić information content (AvgIpc) is 2.38. The van der Waals surface area contributed by atoms with E-state index in [0.717, 1.165) is 0 Å². The molecule has 1 aromatic rings. The molecule has 1 aliphatic rings. The maximum Gasteiger partial charge on any atom is 0.308 e. The van der Waals surface area contributed by atoms with E-state index in [1.54, 1.807) is 0 Å². The number of carbonyl (C=O) groups excluding carboxylic acids is 1. The number of carbonyl (C=O) groups is 2. The van der Waals surface area contributed by atoms with E-state index in [2.05, 4.69) is 15.9 Å². The Kier molecular flexibility index (Phi) is 4.19. The lowest BCUT2D eigenvalue weighted by Crippen LogP contribution is -2.42. The Morgan fingerprint density at radius 2 is 2.16 bits per heavy atom. The highest BCUT2D eigenvalue weighted by atomic mass is 79.9. The third kappa shape index (κ3) is 3.12. The first kappa shape index (κ1) is 14.0. The highest BCUT2D eigenvalue weighted by molar-refractivity contribution is 9.10. The number of carboxylic acids is 1. The van der Waals surface area contributed by atoms with Crippen LogP contribution in [-0.4, -0.2) is 35.0 Å². The fourth-order valence-corrected chi connectivity index (χ4v) is 2.72. The molecule has 0 aliphatic carbocycles. The predicted molar refractivity (Wildman–Crippen MR) is 70.4 cm³/mol. The number of amides is 1. The summed E-state index contributed by atoms with van der Waals surface area (Å²) in [6.07, 6.45) is 1.26. The Bertz CT molecular complexity index is 521. The molecule has 102 valence electrons. The van der Waals surface area contributed by atoms with E-state index >= 15 is 0 Å². The summed E-state index contributed by atoms with van der Waals surface area (Å²) >= 11 is 3.15. The highest BCUT2D eigenvalue weighted by Gasteiger charge is 2.29. The van der Waals surface area contributed by atoms with Crippen LogP contribution in [0.1, 0.15) is 23.2 Å². The topological polar surface area (TPSA) is 57.6 Å². The van der Waals surface area contributed by atoms with Crippen molar-refractivity contribution in [2.24, 2.45) is 5.92 Å². The minimum atomic E-state index is -0.879. The lowest BCUT2D eigenvalue weighted by Gasteiger charge is -2.31. The van der Waals surface area contributed by atoms with E-state index in [0.29, 0.717) is 29.4 Å². The molecule has 1 N–H and O–H groups in total. The zero-order valence-corrected chi connectivity index (χ0v) is 11.7. The smallest absolute Gasteiger partial charge is 0.308 e. The number of piperidine rings is 1. The lowest BCUT2D eigenvalue weighted by atomic mass is 9.97. The van der Waals surface area contributed by atoms with Gasteiger partial charge in [-0.15, -0.1) is 0 Å². The summed E-state index contributed by atoms with van der Waals surface area (Å²) in [7, 11) is 0. The Hall–Kier alpha value is -1.43. The van der Waals surface area contributed by atoms with E-state index < -0.39 is 17.7 Å². The molecular weight excluding hydrogens is 317 g/mol. The fraction of sp³-hybridized carbons (Fsp3) is 0.385. The van der Waals surface area contributed by atoms with Crippen LogP contribution in [0.15, 0.2) is 22.7 Å². The largest absolute Gasteiger partial charge is 0.481 e. The molecule has 1 atom stereocenters. The van der Waals surface area contributed by atoms with Crippen LogP contribution in [0, 0.1) is 11.7 Å².